The van der Waals surface area contributed by atoms with Crippen molar-refractivity contribution in [3.63, 3.8) is 0 Å². The summed E-state index contributed by atoms with van der Waals surface area (Å²) in [7, 11) is 0. The number of hydrogen-bond acceptors (Lipinski definition) is 2. The molecule has 3 nitrogen and oxygen atoms in total. The number of hydrogen-bond donors (Lipinski definition) is 2. The van der Waals surface area contributed by atoms with Gasteiger partial charge in [0.2, 0.25) is 0 Å². The van der Waals surface area contributed by atoms with Crippen LogP contribution in [0.15, 0.2) is 24.3 Å². The highest BCUT2D eigenvalue weighted by Crippen LogP contribution is 2.15. The van der Waals surface area contributed by atoms with Gasteiger partial charge in [-0.3, -0.25) is 4.79 Å². The van der Waals surface area contributed by atoms with E-state index in [2.05, 4.69) is 26.0 Å². The minimum atomic E-state index is -0.841. The average molecular weight is 221 g/mol. The zero-order valence-corrected chi connectivity index (χ0v) is 9.81. The molecule has 88 valence electrons. The van der Waals surface area contributed by atoms with Gasteiger partial charge in [0, 0.05) is 6.04 Å². The molecule has 3 N–H and O–H groups in total. The number of benzene rings is 1. The smallest absolute Gasteiger partial charge is 0.304 e. The first-order chi connectivity index (χ1) is 7.49. The highest BCUT2D eigenvalue weighted by Gasteiger charge is 2.09. The van der Waals surface area contributed by atoms with Crippen molar-refractivity contribution in [1.29, 1.82) is 0 Å². The molecule has 0 radical (unpaired) electrons. The summed E-state index contributed by atoms with van der Waals surface area (Å²) in [5.41, 5.74) is 8.11. The molecule has 3 heteroatoms. The first-order valence-corrected chi connectivity index (χ1v) is 5.55. The molecule has 0 aliphatic heterocycles. The zero-order valence-electron chi connectivity index (χ0n) is 9.81. The van der Waals surface area contributed by atoms with Crippen molar-refractivity contribution in [2.24, 2.45) is 5.73 Å². The van der Waals surface area contributed by atoms with Gasteiger partial charge in [-0.1, -0.05) is 38.1 Å². The maximum absolute atomic E-state index is 10.5. The molecule has 1 aromatic rings. The summed E-state index contributed by atoms with van der Waals surface area (Å²) in [5, 5.41) is 8.60. The number of aliphatic carboxylic acids is 1. The topological polar surface area (TPSA) is 63.3 Å². The van der Waals surface area contributed by atoms with Crippen molar-refractivity contribution in [3.8, 4) is 0 Å². The van der Waals surface area contributed by atoms with Gasteiger partial charge in [0.1, 0.15) is 0 Å². The summed E-state index contributed by atoms with van der Waals surface area (Å²) in [6, 6.07) is 7.90. The summed E-state index contributed by atoms with van der Waals surface area (Å²) in [5.74, 6) is -0.326. The van der Waals surface area contributed by atoms with E-state index in [1.165, 1.54) is 5.56 Å². The number of carboxylic acids is 1. The molecular weight excluding hydrogens is 202 g/mol. The van der Waals surface area contributed by atoms with Gasteiger partial charge in [-0.2, -0.15) is 0 Å². The van der Waals surface area contributed by atoms with Gasteiger partial charge in [0.25, 0.3) is 0 Å². The van der Waals surface area contributed by atoms with Crippen LogP contribution in [0.5, 0.6) is 0 Å². The number of rotatable bonds is 5. The monoisotopic (exact) mass is 221 g/mol. The Labute approximate surface area is 96.3 Å². The Kier molecular flexibility index (Phi) is 4.50. The van der Waals surface area contributed by atoms with E-state index in [1.807, 2.05) is 12.1 Å². The molecule has 16 heavy (non-hydrogen) atoms. The first-order valence-electron chi connectivity index (χ1n) is 5.55. The molecule has 0 unspecified atom stereocenters. The van der Waals surface area contributed by atoms with Crippen molar-refractivity contribution >= 4 is 5.97 Å². The van der Waals surface area contributed by atoms with Gasteiger partial charge < -0.3 is 10.8 Å². The van der Waals surface area contributed by atoms with E-state index < -0.39 is 5.97 Å². The minimum Gasteiger partial charge on any atom is -0.481 e. The second-order valence-electron chi connectivity index (χ2n) is 4.46. The molecule has 0 amide bonds. The van der Waals surface area contributed by atoms with Gasteiger partial charge in [0.05, 0.1) is 6.42 Å². The standard InChI is InChI=1S/C13H19NO2/c1-9(2)11-5-3-10(4-6-11)7-12(14)8-13(15)16/h3-6,9,12H,7-8,14H2,1-2H3,(H,15,16)/t12-/m0/s1. The third-order valence-electron chi connectivity index (χ3n) is 2.58. The zero-order chi connectivity index (χ0) is 12.1. The van der Waals surface area contributed by atoms with Crippen LogP contribution in [0.2, 0.25) is 0 Å². The molecule has 1 rings (SSSR count). The van der Waals surface area contributed by atoms with Gasteiger partial charge in [-0.25, -0.2) is 0 Å². The third-order valence-corrected chi connectivity index (χ3v) is 2.58. The predicted molar refractivity (Wildman–Crippen MR) is 64.5 cm³/mol. The third kappa shape index (κ3) is 4.03. The molecule has 0 aliphatic rings. The second kappa shape index (κ2) is 5.66. The van der Waals surface area contributed by atoms with Crippen LogP contribution in [-0.4, -0.2) is 17.1 Å². The Balaban J connectivity index is 2.58. The molecule has 0 fully saturated rings. The van der Waals surface area contributed by atoms with E-state index in [0.717, 1.165) is 5.56 Å². The van der Waals surface area contributed by atoms with Crippen LogP contribution in [0.4, 0.5) is 0 Å². The Morgan fingerprint density at radius 3 is 2.31 bits per heavy atom. The SMILES string of the molecule is CC(C)c1ccc(C[C@H](N)CC(=O)O)cc1. The van der Waals surface area contributed by atoms with Crippen LogP contribution in [0.25, 0.3) is 0 Å². The van der Waals surface area contributed by atoms with Crippen LogP contribution in [0.1, 0.15) is 37.3 Å². The van der Waals surface area contributed by atoms with Crippen LogP contribution in [-0.2, 0) is 11.2 Å². The average Bonchev–Trinajstić information content (AvgIpc) is 2.16. The normalized spacial score (nSPS) is 12.8. The van der Waals surface area contributed by atoms with Gasteiger partial charge >= 0.3 is 5.97 Å². The van der Waals surface area contributed by atoms with Crippen molar-refractivity contribution in [2.75, 3.05) is 0 Å². The van der Waals surface area contributed by atoms with Crippen molar-refractivity contribution in [2.45, 2.75) is 38.6 Å². The van der Waals surface area contributed by atoms with Crippen molar-refractivity contribution in [3.05, 3.63) is 35.4 Å². The quantitative estimate of drug-likeness (QED) is 0.800. The van der Waals surface area contributed by atoms with E-state index in [1.54, 1.807) is 0 Å². The Bertz CT molecular complexity index is 343. The Morgan fingerprint density at radius 2 is 1.88 bits per heavy atom. The maximum Gasteiger partial charge on any atom is 0.304 e. The number of carboxylic acid groups (broad SMARTS) is 1. The van der Waals surface area contributed by atoms with Crippen molar-refractivity contribution < 1.29 is 9.90 Å². The largest absolute Gasteiger partial charge is 0.481 e. The van der Waals surface area contributed by atoms with Crippen LogP contribution in [0.3, 0.4) is 0 Å². The lowest BCUT2D eigenvalue weighted by molar-refractivity contribution is -0.137. The van der Waals surface area contributed by atoms with Crippen LogP contribution in [0, 0.1) is 0 Å². The molecule has 0 spiro atoms. The summed E-state index contributed by atoms with van der Waals surface area (Å²) in [6.07, 6.45) is 0.636. The highest BCUT2D eigenvalue weighted by atomic mass is 16.4. The molecular formula is C13H19NO2. The lowest BCUT2D eigenvalue weighted by atomic mass is 9.98. The number of carbonyl (C=O) groups is 1. The van der Waals surface area contributed by atoms with Gasteiger partial charge in [-0.05, 0) is 23.5 Å². The van der Waals surface area contributed by atoms with E-state index in [4.69, 9.17) is 10.8 Å². The van der Waals surface area contributed by atoms with Gasteiger partial charge in [0.15, 0.2) is 0 Å². The molecule has 1 atom stereocenters. The summed E-state index contributed by atoms with van der Waals surface area (Å²) in [4.78, 5) is 10.5. The first kappa shape index (κ1) is 12.7. The minimum absolute atomic E-state index is 0.0198. The fourth-order valence-corrected chi connectivity index (χ4v) is 1.64. The van der Waals surface area contributed by atoms with E-state index in [9.17, 15) is 4.79 Å². The summed E-state index contributed by atoms with van der Waals surface area (Å²) in [6.45, 7) is 4.29. The fourth-order valence-electron chi connectivity index (χ4n) is 1.64. The lowest BCUT2D eigenvalue weighted by Crippen LogP contribution is -2.26. The molecule has 0 bridgehead atoms. The Hall–Kier alpha value is -1.35. The second-order valence-corrected chi connectivity index (χ2v) is 4.46. The molecule has 0 heterocycles. The maximum atomic E-state index is 10.5. The van der Waals surface area contributed by atoms with E-state index in [-0.39, 0.29) is 12.5 Å². The highest BCUT2D eigenvalue weighted by molar-refractivity contribution is 5.67. The lowest BCUT2D eigenvalue weighted by Gasteiger charge is -2.10. The van der Waals surface area contributed by atoms with Crippen LogP contribution >= 0.6 is 0 Å². The summed E-state index contributed by atoms with van der Waals surface area (Å²) >= 11 is 0. The molecule has 0 aliphatic carbocycles. The fraction of sp³-hybridized carbons (Fsp3) is 0.462. The Morgan fingerprint density at radius 1 is 1.31 bits per heavy atom. The molecule has 0 aromatic heterocycles. The van der Waals surface area contributed by atoms with Crippen LogP contribution < -0.4 is 5.73 Å². The van der Waals surface area contributed by atoms with Crippen molar-refractivity contribution in [1.82, 2.24) is 0 Å². The predicted octanol–water partition coefficient (Wildman–Crippen LogP) is 2.15. The number of nitrogens with two attached hydrogens (primary N) is 1. The van der Waals surface area contributed by atoms with Gasteiger partial charge in [-0.15, -0.1) is 0 Å². The molecule has 0 saturated heterocycles. The summed E-state index contributed by atoms with van der Waals surface area (Å²) < 4.78 is 0. The van der Waals surface area contributed by atoms with E-state index >= 15 is 0 Å². The molecule has 0 saturated carbocycles. The van der Waals surface area contributed by atoms with E-state index in [0.29, 0.717) is 12.3 Å². The molecule has 1 aromatic carbocycles.